The fourth-order valence-electron chi connectivity index (χ4n) is 1.42. The summed E-state index contributed by atoms with van der Waals surface area (Å²) in [5, 5.41) is 21.3. The number of rotatable bonds is 4. The SMILES string of the molecule is Cn1ncc(C(=O)O)c1NS(=O)(=O)c1ccc(C#N)s1. The van der Waals surface area contributed by atoms with Crippen LogP contribution in [0.25, 0.3) is 0 Å². The van der Waals surface area contributed by atoms with Crippen LogP contribution in [-0.2, 0) is 17.1 Å². The summed E-state index contributed by atoms with van der Waals surface area (Å²) in [7, 11) is -2.54. The minimum Gasteiger partial charge on any atom is -0.477 e. The standard InChI is InChI=1S/C10H8N4O4S2/c1-14-9(7(5-12-14)10(15)16)13-20(17,18)8-3-2-6(4-11)19-8/h2-3,5,13H,1H3,(H,15,16). The van der Waals surface area contributed by atoms with Crippen LogP contribution in [0, 0.1) is 11.3 Å². The third-order valence-corrected chi connectivity index (χ3v) is 5.18. The van der Waals surface area contributed by atoms with Crippen LogP contribution in [0.3, 0.4) is 0 Å². The molecule has 0 radical (unpaired) electrons. The van der Waals surface area contributed by atoms with Crippen molar-refractivity contribution in [3.8, 4) is 6.07 Å². The summed E-state index contributed by atoms with van der Waals surface area (Å²) in [6.45, 7) is 0. The van der Waals surface area contributed by atoms with Crippen LogP contribution in [0.5, 0.6) is 0 Å². The number of aromatic nitrogens is 2. The molecule has 0 aromatic carbocycles. The van der Waals surface area contributed by atoms with Gasteiger partial charge in [0.15, 0.2) is 5.82 Å². The average Bonchev–Trinajstić information content (AvgIpc) is 2.97. The Bertz CT molecular complexity index is 813. The average molecular weight is 312 g/mol. The van der Waals surface area contributed by atoms with Crippen molar-refractivity contribution in [2.24, 2.45) is 7.05 Å². The number of aryl methyl sites for hydroxylation is 1. The first-order valence-electron chi connectivity index (χ1n) is 5.13. The summed E-state index contributed by atoms with van der Waals surface area (Å²) in [4.78, 5) is 11.2. The Kier molecular flexibility index (Phi) is 3.47. The Morgan fingerprint density at radius 3 is 2.80 bits per heavy atom. The smallest absolute Gasteiger partial charge is 0.341 e. The van der Waals surface area contributed by atoms with E-state index < -0.39 is 16.0 Å². The van der Waals surface area contributed by atoms with Crippen molar-refractivity contribution in [1.82, 2.24) is 9.78 Å². The minimum absolute atomic E-state index is 0.0772. The van der Waals surface area contributed by atoms with Gasteiger partial charge in [-0.3, -0.25) is 9.40 Å². The molecule has 104 valence electrons. The Balaban J connectivity index is 2.41. The maximum Gasteiger partial charge on any atom is 0.341 e. The van der Waals surface area contributed by atoms with Gasteiger partial charge in [-0.15, -0.1) is 11.3 Å². The number of aromatic carboxylic acids is 1. The molecule has 0 unspecified atom stereocenters. The van der Waals surface area contributed by atoms with Crippen molar-refractivity contribution in [1.29, 1.82) is 5.26 Å². The van der Waals surface area contributed by atoms with Gasteiger partial charge in [0.2, 0.25) is 0 Å². The van der Waals surface area contributed by atoms with Crippen molar-refractivity contribution < 1.29 is 18.3 Å². The van der Waals surface area contributed by atoms with E-state index in [9.17, 15) is 13.2 Å². The molecule has 0 aliphatic heterocycles. The number of nitriles is 1. The second-order valence-corrected chi connectivity index (χ2v) is 6.66. The summed E-state index contributed by atoms with van der Waals surface area (Å²) in [6.07, 6.45) is 1.05. The molecule has 2 aromatic heterocycles. The van der Waals surface area contributed by atoms with Gasteiger partial charge in [-0.1, -0.05) is 0 Å². The Morgan fingerprint density at radius 2 is 2.25 bits per heavy atom. The van der Waals surface area contributed by atoms with Gasteiger partial charge in [0.1, 0.15) is 20.7 Å². The van der Waals surface area contributed by atoms with Crippen LogP contribution in [0.4, 0.5) is 5.82 Å². The van der Waals surface area contributed by atoms with E-state index in [1.54, 1.807) is 0 Å². The molecule has 2 aromatic rings. The summed E-state index contributed by atoms with van der Waals surface area (Å²) in [5.41, 5.74) is -0.256. The molecule has 2 heterocycles. The zero-order valence-corrected chi connectivity index (χ0v) is 11.7. The van der Waals surface area contributed by atoms with Gasteiger partial charge < -0.3 is 5.11 Å². The summed E-state index contributed by atoms with van der Waals surface area (Å²) >= 11 is 0.793. The molecule has 8 nitrogen and oxygen atoms in total. The van der Waals surface area contributed by atoms with Gasteiger partial charge in [-0.2, -0.15) is 10.4 Å². The maximum absolute atomic E-state index is 12.1. The van der Waals surface area contributed by atoms with Crippen LogP contribution in [0.2, 0.25) is 0 Å². The topological polar surface area (TPSA) is 125 Å². The highest BCUT2D eigenvalue weighted by molar-refractivity contribution is 7.94. The first kappa shape index (κ1) is 14.0. The quantitative estimate of drug-likeness (QED) is 0.862. The van der Waals surface area contributed by atoms with Gasteiger partial charge in [-0.25, -0.2) is 13.2 Å². The maximum atomic E-state index is 12.1. The van der Waals surface area contributed by atoms with E-state index in [-0.39, 0.29) is 20.5 Å². The lowest BCUT2D eigenvalue weighted by Gasteiger charge is -2.07. The number of nitrogens with one attached hydrogen (secondary N) is 1. The molecule has 0 saturated carbocycles. The molecule has 0 amide bonds. The fourth-order valence-corrected chi connectivity index (χ4v) is 3.63. The highest BCUT2D eigenvalue weighted by Crippen LogP contribution is 2.24. The zero-order valence-electron chi connectivity index (χ0n) is 10.1. The summed E-state index contributed by atoms with van der Waals surface area (Å²) < 4.78 is 27.4. The fraction of sp³-hybridized carbons (Fsp3) is 0.100. The Labute approximate surface area is 117 Å². The van der Waals surface area contributed by atoms with Gasteiger partial charge in [0.05, 0.1) is 6.20 Å². The number of carbonyl (C=O) groups is 1. The van der Waals surface area contributed by atoms with E-state index in [0.29, 0.717) is 0 Å². The summed E-state index contributed by atoms with van der Waals surface area (Å²) in [6, 6.07) is 4.49. The Morgan fingerprint density at radius 1 is 1.55 bits per heavy atom. The number of carboxylic acids is 1. The number of hydrogen-bond acceptors (Lipinski definition) is 6. The molecule has 0 bridgehead atoms. The molecule has 2 rings (SSSR count). The van der Waals surface area contributed by atoms with Crippen molar-refractivity contribution in [2.75, 3.05) is 4.72 Å². The van der Waals surface area contributed by atoms with Crippen LogP contribution < -0.4 is 4.72 Å². The highest BCUT2D eigenvalue weighted by Gasteiger charge is 2.23. The molecule has 0 atom stereocenters. The van der Waals surface area contributed by atoms with Crippen LogP contribution in [-0.4, -0.2) is 29.3 Å². The molecule has 10 heteroatoms. The monoisotopic (exact) mass is 312 g/mol. The number of thiophene rings is 1. The molecule has 2 N–H and O–H groups in total. The van der Waals surface area contributed by atoms with Crippen molar-refractivity contribution >= 4 is 33.1 Å². The predicted molar refractivity (Wildman–Crippen MR) is 70.0 cm³/mol. The molecule has 0 fully saturated rings. The van der Waals surface area contributed by atoms with E-state index in [1.165, 1.54) is 19.2 Å². The first-order valence-corrected chi connectivity index (χ1v) is 7.43. The van der Waals surface area contributed by atoms with E-state index >= 15 is 0 Å². The van der Waals surface area contributed by atoms with Gasteiger partial charge >= 0.3 is 5.97 Å². The Hall–Kier alpha value is -2.38. The molecule has 0 aliphatic rings. The second kappa shape index (κ2) is 4.95. The molecule has 0 aliphatic carbocycles. The molecule has 0 saturated heterocycles. The van der Waals surface area contributed by atoms with Crippen LogP contribution in [0.1, 0.15) is 15.2 Å². The van der Waals surface area contributed by atoms with Gasteiger partial charge in [0, 0.05) is 7.05 Å². The predicted octanol–water partition coefficient (Wildman–Crippen LogP) is 0.852. The largest absolute Gasteiger partial charge is 0.477 e. The summed E-state index contributed by atoms with van der Waals surface area (Å²) in [5.74, 6) is -1.44. The number of hydrogen-bond donors (Lipinski definition) is 2. The minimum atomic E-state index is -3.96. The number of anilines is 1. The van der Waals surface area contributed by atoms with Gasteiger partial charge in [-0.05, 0) is 12.1 Å². The lowest BCUT2D eigenvalue weighted by Crippen LogP contribution is -2.16. The number of sulfonamides is 1. The van der Waals surface area contributed by atoms with Gasteiger partial charge in [0.25, 0.3) is 10.0 Å². The van der Waals surface area contributed by atoms with E-state index in [1.807, 2.05) is 6.07 Å². The van der Waals surface area contributed by atoms with Crippen molar-refractivity contribution in [3.63, 3.8) is 0 Å². The second-order valence-electron chi connectivity index (χ2n) is 3.67. The molecular weight excluding hydrogens is 304 g/mol. The zero-order chi connectivity index (χ0) is 14.9. The molecule has 0 spiro atoms. The highest BCUT2D eigenvalue weighted by atomic mass is 32.2. The third kappa shape index (κ3) is 2.49. The normalized spacial score (nSPS) is 11.0. The third-order valence-electron chi connectivity index (χ3n) is 2.36. The lowest BCUT2D eigenvalue weighted by molar-refractivity contribution is 0.0698. The first-order chi connectivity index (χ1) is 9.35. The van der Waals surface area contributed by atoms with E-state index in [2.05, 4.69) is 9.82 Å². The molecular formula is C10H8N4O4S2. The van der Waals surface area contributed by atoms with E-state index in [4.69, 9.17) is 10.4 Å². The molecule has 20 heavy (non-hydrogen) atoms. The van der Waals surface area contributed by atoms with E-state index in [0.717, 1.165) is 22.2 Å². The lowest BCUT2D eigenvalue weighted by atomic mass is 10.3. The number of carboxylic acid groups (broad SMARTS) is 1. The van der Waals surface area contributed by atoms with Crippen LogP contribution >= 0.6 is 11.3 Å². The van der Waals surface area contributed by atoms with Crippen LogP contribution in [0.15, 0.2) is 22.5 Å². The van der Waals surface area contributed by atoms with Crippen molar-refractivity contribution in [3.05, 3.63) is 28.8 Å². The number of nitrogens with zero attached hydrogens (tertiary/aromatic N) is 3. The van der Waals surface area contributed by atoms with Crippen molar-refractivity contribution in [2.45, 2.75) is 4.21 Å².